The van der Waals surface area contributed by atoms with E-state index in [1.54, 1.807) is 0 Å². The molecular formula is C20H32N4O2. The molecule has 0 aromatic heterocycles. The fourth-order valence-electron chi connectivity index (χ4n) is 3.66. The number of aliphatic imine (C=N–C) groups is 1. The highest BCUT2D eigenvalue weighted by molar-refractivity contribution is 5.79. The van der Waals surface area contributed by atoms with Gasteiger partial charge in [0.2, 0.25) is 0 Å². The van der Waals surface area contributed by atoms with Crippen LogP contribution in [0.25, 0.3) is 0 Å². The number of benzene rings is 1. The van der Waals surface area contributed by atoms with Crippen molar-refractivity contribution in [1.29, 1.82) is 0 Å². The van der Waals surface area contributed by atoms with Gasteiger partial charge in [-0.2, -0.15) is 0 Å². The van der Waals surface area contributed by atoms with Crippen molar-refractivity contribution in [3.8, 4) is 0 Å². The molecule has 6 nitrogen and oxygen atoms in total. The van der Waals surface area contributed by atoms with Crippen molar-refractivity contribution in [2.45, 2.75) is 38.3 Å². The first-order valence-corrected chi connectivity index (χ1v) is 9.76. The molecule has 1 saturated heterocycles. The summed E-state index contributed by atoms with van der Waals surface area (Å²) >= 11 is 0. The first kappa shape index (κ1) is 19.0. The molecule has 0 spiro atoms. The number of nitrogens with one attached hydrogen (secondary N) is 2. The lowest BCUT2D eigenvalue weighted by Crippen LogP contribution is -2.43. The topological polar surface area (TPSA) is 58.1 Å². The van der Waals surface area contributed by atoms with E-state index in [4.69, 9.17) is 9.47 Å². The van der Waals surface area contributed by atoms with Crippen LogP contribution in [0.4, 0.5) is 5.69 Å². The summed E-state index contributed by atoms with van der Waals surface area (Å²) in [6, 6.07) is 9.27. The van der Waals surface area contributed by atoms with Crippen LogP contribution in [0.2, 0.25) is 0 Å². The normalized spacial score (nSPS) is 22.5. The molecule has 26 heavy (non-hydrogen) atoms. The highest BCUT2D eigenvalue weighted by Gasteiger charge is 2.24. The number of para-hydroxylation sites is 1. The zero-order valence-electron chi connectivity index (χ0n) is 16.0. The van der Waals surface area contributed by atoms with Gasteiger partial charge in [0.25, 0.3) is 0 Å². The van der Waals surface area contributed by atoms with Gasteiger partial charge in [-0.25, -0.2) is 0 Å². The van der Waals surface area contributed by atoms with Crippen LogP contribution in [-0.4, -0.2) is 64.6 Å². The fraction of sp³-hybridized carbons (Fsp3) is 0.650. The van der Waals surface area contributed by atoms with Gasteiger partial charge in [0.1, 0.15) is 0 Å². The summed E-state index contributed by atoms with van der Waals surface area (Å²) in [5.41, 5.74) is 2.83. The van der Waals surface area contributed by atoms with Crippen LogP contribution < -0.4 is 15.5 Å². The number of ether oxygens (including phenoxy) is 2. The van der Waals surface area contributed by atoms with E-state index in [1.165, 1.54) is 11.3 Å². The minimum Gasteiger partial charge on any atom is -0.379 e. The van der Waals surface area contributed by atoms with Crippen molar-refractivity contribution < 1.29 is 9.47 Å². The van der Waals surface area contributed by atoms with Crippen molar-refractivity contribution in [2.24, 2.45) is 4.99 Å². The lowest BCUT2D eigenvalue weighted by atomic mass is 10.1. The molecule has 1 aromatic rings. The number of hydrogen-bond donors (Lipinski definition) is 2. The highest BCUT2D eigenvalue weighted by atomic mass is 16.5. The van der Waals surface area contributed by atoms with Gasteiger partial charge in [-0.05, 0) is 37.8 Å². The minimum atomic E-state index is 0.290. The standard InChI is InChI=1S/C20H32N4O2/c1-16-14-17-6-3-4-7-19(17)24(16)11-10-23-20(21-2)22-9-5-12-26-18-8-13-25-15-18/h3-4,6-7,16,18H,5,8-15H2,1-2H3,(H2,21,22,23). The third-order valence-electron chi connectivity index (χ3n) is 5.07. The van der Waals surface area contributed by atoms with E-state index < -0.39 is 0 Å². The molecule has 2 atom stereocenters. The minimum absolute atomic E-state index is 0.290. The lowest BCUT2D eigenvalue weighted by Gasteiger charge is -2.25. The molecule has 144 valence electrons. The summed E-state index contributed by atoms with van der Waals surface area (Å²) in [7, 11) is 1.81. The van der Waals surface area contributed by atoms with Gasteiger partial charge in [0.15, 0.2) is 5.96 Å². The van der Waals surface area contributed by atoms with Crippen molar-refractivity contribution >= 4 is 11.6 Å². The van der Waals surface area contributed by atoms with E-state index in [0.29, 0.717) is 6.04 Å². The highest BCUT2D eigenvalue weighted by Crippen LogP contribution is 2.31. The zero-order chi connectivity index (χ0) is 18.2. The number of guanidine groups is 1. The number of anilines is 1. The summed E-state index contributed by atoms with van der Waals surface area (Å²) < 4.78 is 11.1. The van der Waals surface area contributed by atoms with Gasteiger partial charge in [-0.15, -0.1) is 0 Å². The van der Waals surface area contributed by atoms with Crippen LogP contribution in [-0.2, 0) is 15.9 Å². The van der Waals surface area contributed by atoms with Crippen LogP contribution in [0.5, 0.6) is 0 Å². The maximum absolute atomic E-state index is 5.78. The second-order valence-electron chi connectivity index (χ2n) is 7.01. The predicted octanol–water partition coefficient (Wildman–Crippen LogP) is 1.80. The Labute approximate surface area is 157 Å². The Hall–Kier alpha value is -1.79. The molecule has 0 saturated carbocycles. The molecule has 1 fully saturated rings. The van der Waals surface area contributed by atoms with Gasteiger partial charge < -0.3 is 25.0 Å². The Morgan fingerprint density at radius 3 is 2.96 bits per heavy atom. The van der Waals surface area contributed by atoms with Crippen LogP contribution in [0.3, 0.4) is 0 Å². The number of fused-ring (bicyclic) bond motifs is 1. The number of nitrogens with zero attached hydrogens (tertiary/aromatic N) is 2. The molecule has 3 rings (SSSR count). The molecule has 0 aliphatic carbocycles. The maximum atomic E-state index is 5.78. The van der Waals surface area contributed by atoms with E-state index in [0.717, 1.165) is 64.7 Å². The van der Waals surface area contributed by atoms with Gasteiger partial charge >= 0.3 is 0 Å². The van der Waals surface area contributed by atoms with E-state index in [1.807, 2.05) is 7.05 Å². The Kier molecular flexibility index (Phi) is 7.14. The molecule has 0 amide bonds. The Balaban J connectivity index is 1.31. The summed E-state index contributed by atoms with van der Waals surface area (Å²) in [5.74, 6) is 0.856. The molecule has 2 N–H and O–H groups in total. The van der Waals surface area contributed by atoms with E-state index >= 15 is 0 Å². The number of hydrogen-bond acceptors (Lipinski definition) is 4. The van der Waals surface area contributed by atoms with Crippen molar-refractivity contribution in [3.05, 3.63) is 29.8 Å². The van der Waals surface area contributed by atoms with Crippen LogP contribution in [0.1, 0.15) is 25.3 Å². The third-order valence-corrected chi connectivity index (χ3v) is 5.07. The molecule has 2 aliphatic rings. The summed E-state index contributed by atoms with van der Waals surface area (Å²) in [4.78, 5) is 6.78. The van der Waals surface area contributed by atoms with Gasteiger partial charge in [-0.3, -0.25) is 4.99 Å². The summed E-state index contributed by atoms with van der Waals surface area (Å²) in [6.45, 7) is 7.34. The Morgan fingerprint density at radius 2 is 2.15 bits per heavy atom. The second kappa shape index (κ2) is 9.78. The zero-order valence-corrected chi connectivity index (χ0v) is 16.0. The van der Waals surface area contributed by atoms with E-state index in [9.17, 15) is 0 Å². The van der Waals surface area contributed by atoms with Crippen LogP contribution >= 0.6 is 0 Å². The van der Waals surface area contributed by atoms with Crippen molar-refractivity contribution in [1.82, 2.24) is 10.6 Å². The van der Waals surface area contributed by atoms with E-state index in [2.05, 4.69) is 51.7 Å². The summed E-state index contributed by atoms with van der Waals surface area (Å²) in [6.07, 6.45) is 3.41. The SMILES string of the molecule is CN=C(NCCCOC1CCOC1)NCCN1c2ccccc2CC1C. The van der Waals surface area contributed by atoms with Crippen molar-refractivity contribution in [3.63, 3.8) is 0 Å². The molecule has 0 bridgehead atoms. The smallest absolute Gasteiger partial charge is 0.191 e. The van der Waals surface area contributed by atoms with E-state index in [-0.39, 0.29) is 6.10 Å². The predicted molar refractivity (Wildman–Crippen MR) is 106 cm³/mol. The van der Waals surface area contributed by atoms with Crippen LogP contribution in [0, 0.1) is 0 Å². The molecule has 6 heteroatoms. The van der Waals surface area contributed by atoms with Gasteiger partial charge in [0.05, 0.1) is 12.7 Å². The van der Waals surface area contributed by atoms with Crippen molar-refractivity contribution in [2.75, 3.05) is 51.4 Å². The Morgan fingerprint density at radius 1 is 1.31 bits per heavy atom. The molecule has 2 aliphatic heterocycles. The van der Waals surface area contributed by atoms with Gasteiger partial charge in [-0.1, -0.05) is 18.2 Å². The molecule has 2 unspecified atom stereocenters. The fourth-order valence-corrected chi connectivity index (χ4v) is 3.66. The molecule has 1 aromatic carbocycles. The monoisotopic (exact) mass is 360 g/mol. The average molecular weight is 361 g/mol. The quantitative estimate of drug-likeness (QED) is 0.421. The largest absolute Gasteiger partial charge is 0.379 e. The third kappa shape index (κ3) is 5.11. The maximum Gasteiger partial charge on any atom is 0.191 e. The van der Waals surface area contributed by atoms with Crippen LogP contribution in [0.15, 0.2) is 29.3 Å². The Bertz CT molecular complexity index is 587. The van der Waals surface area contributed by atoms with Gasteiger partial charge in [0, 0.05) is 51.6 Å². The summed E-state index contributed by atoms with van der Waals surface area (Å²) in [5, 5.41) is 6.78. The molecule has 2 heterocycles. The number of rotatable bonds is 8. The lowest BCUT2D eigenvalue weighted by molar-refractivity contribution is 0.0420. The molecule has 0 radical (unpaired) electrons. The second-order valence-corrected chi connectivity index (χ2v) is 7.01. The first-order valence-electron chi connectivity index (χ1n) is 9.76. The first-order chi connectivity index (χ1) is 12.8. The molecular weight excluding hydrogens is 328 g/mol. The average Bonchev–Trinajstić information content (AvgIpc) is 3.27.